The Balaban J connectivity index is 3.89. The first-order chi connectivity index (χ1) is 3.66. The second kappa shape index (κ2) is 3.42. The highest BCUT2D eigenvalue weighted by Crippen LogP contribution is 2.01. The molecule has 8 heavy (non-hydrogen) atoms. The number of allylic oxidation sites excluding steroid dienone is 4. The van der Waals surface area contributed by atoms with E-state index in [1.165, 1.54) is 12.2 Å². The summed E-state index contributed by atoms with van der Waals surface area (Å²) in [7, 11) is 0. The maximum absolute atomic E-state index is 12.2. The number of halogens is 1. The molecule has 0 spiro atoms. The van der Waals surface area contributed by atoms with Crippen molar-refractivity contribution in [2.75, 3.05) is 0 Å². The Morgan fingerprint density at radius 3 is 2.00 bits per heavy atom. The summed E-state index contributed by atoms with van der Waals surface area (Å²) in [4.78, 5) is 0. The quantitative estimate of drug-likeness (QED) is 0.460. The molecule has 0 aromatic carbocycles. The Labute approximate surface area is 49.7 Å². The molecule has 0 nitrogen and oxygen atoms in total. The number of hydrogen-bond acceptors (Lipinski definition) is 0. The molecular formula is C7H11F. The molecular weight excluding hydrogens is 103 g/mol. The fraction of sp³-hybridized carbons (Fsp3) is 0.429. The average molecular weight is 114 g/mol. The van der Waals surface area contributed by atoms with E-state index in [-0.39, 0.29) is 5.83 Å². The minimum atomic E-state index is -0.162. The third kappa shape index (κ3) is 3.59. The first kappa shape index (κ1) is 7.41. The maximum Gasteiger partial charge on any atom is 0.118 e. The minimum Gasteiger partial charge on any atom is -0.207 e. The van der Waals surface area contributed by atoms with Gasteiger partial charge in [-0.15, -0.1) is 0 Å². The normalized spacial score (nSPS) is 11.2. The lowest BCUT2D eigenvalue weighted by molar-refractivity contribution is 0.663. The highest BCUT2D eigenvalue weighted by Gasteiger charge is 1.82. The third-order valence-electron chi connectivity index (χ3n) is 0.702. The van der Waals surface area contributed by atoms with E-state index in [0.29, 0.717) is 0 Å². The van der Waals surface area contributed by atoms with Crippen LogP contribution in [0.15, 0.2) is 23.6 Å². The van der Waals surface area contributed by atoms with Gasteiger partial charge in [0.1, 0.15) is 5.83 Å². The molecule has 0 rings (SSSR count). The van der Waals surface area contributed by atoms with E-state index in [4.69, 9.17) is 0 Å². The zero-order valence-electron chi connectivity index (χ0n) is 5.53. The van der Waals surface area contributed by atoms with Crippen molar-refractivity contribution in [3.05, 3.63) is 23.6 Å². The van der Waals surface area contributed by atoms with Crippen LogP contribution in [0.4, 0.5) is 4.39 Å². The van der Waals surface area contributed by atoms with Crippen LogP contribution in [0.25, 0.3) is 0 Å². The van der Waals surface area contributed by atoms with Gasteiger partial charge in [0.05, 0.1) is 0 Å². The first-order valence-electron chi connectivity index (χ1n) is 2.63. The van der Waals surface area contributed by atoms with Gasteiger partial charge in [-0.2, -0.15) is 0 Å². The van der Waals surface area contributed by atoms with Gasteiger partial charge in [0.15, 0.2) is 0 Å². The number of hydrogen-bond donors (Lipinski definition) is 0. The van der Waals surface area contributed by atoms with Crippen LogP contribution in [0.1, 0.15) is 20.8 Å². The van der Waals surface area contributed by atoms with Crippen LogP contribution in [0, 0.1) is 0 Å². The zero-order valence-corrected chi connectivity index (χ0v) is 5.53. The van der Waals surface area contributed by atoms with E-state index in [1.807, 2.05) is 13.8 Å². The summed E-state index contributed by atoms with van der Waals surface area (Å²) in [5.41, 5.74) is 0.987. The molecule has 0 heterocycles. The van der Waals surface area contributed by atoms with E-state index >= 15 is 0 Å². The van der Waals surface area contributed by atoms with Gasteiger partial charge in [0.2, 0.25) is 0 Å². The molecule has 0 fully saturated rings. The van der Waals surface area contributed by atoms with E-state index in [0.717, 1.165) is 5.57 Å². The van der Waals surface area contributed by atoms with Gasteiger partial charge in [-0.05, 0) is 26.8 Å². The van der Waals surface area contributed by atoms with Gasteiger partial charge < -0.3 is 0 Å². The molecule has 0 N–H and O–H groups in total. The molecule has 0 aromatic rings. The minimum absolute atomic E-state index is 0.162. The predicted molar refractivity (Wildman–Crippen MR) is 34.3 cm³/mol. The summed E-state index contributed by atoms with van der Waals surface area (Å²) < 4.78 is 12.2. The summed E-state index contributed by atoms with van der Waals surface area (Å²) in [6.07, 6.45) is 2.94. The van der Waals surface area contributed by atoms with Crippen LogP contribution < -0.4 is 0 Å². The maximum atomic E-state index is 12.2. The Kier molecular flexibility index (Phi) is 3.16. The topological polar surface area (TPSA) is 0 Å². The van der Waals surface area contributed by atoms with Gasteiger partial charge in [0.25, 0.3) is 0 Å². The van der Waals surface area contributed by atoms with E-state index in [1.54, 1.807) is 6.92 Å². The molecule has 1 heteroatoms. The van der Waals surface area contributed by atoms with Gasteiger partial charge in [0, 0.05) is 0 Å². The summed E-state index contributed by atoms with van der Waals surface area (Å²) in [5.74, 6) is -0.162. The molecule has 0 unspecified atom stereocenters. The molecule has 0 atom stereocenters. The molecule has 0 amide bonds. The van der Waals surface area contributed by atoms with E-state index < -0.39 is 0 Å². The Morgan fingerprint density at radius 2 is 1.88 bits per heavy atom. The van der Waals surface area contributed by atoms with Gasteiger partial charge in [-0.3, -0.25) is 0 Å². The second-order valence-electron chi connectivity index (χ2n) is 1.90. The third-order valence-corrected chi connectivity index (χ3v) is 0.702. The molecule has 0 aromatic heterocycles. The van der Waals surface area contributed by atoms with E-state index in [2.05, 4.69) is 0 Å². The van der Waals surface area contributed by atoms with Gasteiger partial charge in [-0.25, -0.2) is 4.39 Å². The summed E-state index contributed by atoms with van der Waals surface area (Å²) >= 11 is 0. The van der Waals surface area contributed by atoms with Gasteiger partial charge in [-0.1, -0.05) is 11.6 Å². The molecule has 0 aliphatic rings. The summed E-state index contributed by atoms with van der Waals surface area (Å²) in [5, 5.41) is 0. The first-order valence-corrected chi connectivity index (χ1v) is 2.63. The molecule has 0 aliphatic heterocycles. The van der Waals surface area contributed by atoms with Gasteiger partial charge >= 0.3 is 0 Å². The van der Waals surface area contributed by atoms with Crippen LogP contribution in [-0.2, 0) is 0 Å². The lowest BCUT2D eigenvalue weighted by Crippen LogP contribution is -1.65. The molecule has 0 saturated heterocycles. The fourth-order valence-electron chi connectivity index (χ4n) is 0.359. The van der Waals surface area contributed by atoms with Crippen molar-refractivity contribution < 1.29 is 4.39 Å². The van der Waals surface area contributed by atoms with Crippen LogP contribution in [0.5, 0.6) is 0 Å². The Morgan fingerprint density at radius 1 is 1.38 bits per heavy atom. The van der Waals surface area contributed by atoms with Crippen LogP contribution in [-0.4, -0.2) is 0 Å². The smallest absolute Gasteiger partial charge is 0.118 e. The van der Waals surface area contributed by atoms with Crippen molar-refractivity contribution in [1.29, 1.82) is 0 Å². The van der Waals surface area contributed by atoms with Crippen LogP contribution >= 0.6 is 0 Å². The highest BCUT2D eigenvalue weighted by molar-refractivity contribution is 5.13. The molecule has 0 saturated carbocycles. The van der Waals surface area contributed by atoms with Crippen molar-refractivity contribution >= 4 is 0 Å². The molecule has 0 bridgehead atoms. The highest BCUT2D eigenvalue weighted by atomic mass is 19.1. The zero-order chi connectivity index (χ0) is 6.57. The predicted octanol–water partition coefficient (Wildman–Crippen LogP) is 2.83. The fourth-order valence-corrected chi connectivity index (χ4v) is 0.359. The second-order valence-corrected chi connectivity index (χ2v) is 1.90. The lowest BCUT2D eigenvalue weighted by Gasteiger charge is -1.84. The lowest BCUT2D eigenvalue weighted by atomic mass is 10.3. The van der Waals surface area contributed by atoms with Crippen molar-refractivity contribution in [3.63, 3.8) is 0 Å². The van der Waals surface area contributed by atoms with Crippen LogP contribution in [0.2, 0.25) is 0 Å². The monoisotopic (exact) mass is 114 g/mol. The Bertz CT molecular complexity index is 116. The average Bonchev–Trinajstić information content (AvgIpc) is 1.65. The molecule has 0 aliphatic carbocycles. The Hall–Kier alpha value is -0.590. The summed E-state index contributed by atoms with van der Waals surface area (Å²) in [6.45, 7) is 5.40. The summed E-state index contributed by atoms with van der Waals surface area (Å²) in [6, 6.07) is 0. The van der Waals surface area contributed by atoms with Crippen LogP contribution in [0.3, 0.4) is 0 Å². The SMILES string of the molecule is C/C=C(/F)C=C(C)C. The van der Waals surface area contributed by atoms with Crippen molar-refractivity contribution in [2.45, 2.75) is 20.8 Å². The van der Waals surface area contributed by atoms with Crippen molar-refractivity contribution in [1.82, 2.24) is 0 Å². The molecule has 46 valence electrons. The standard InChI is InChI=1S/C7H11F/c1-4-7(8)5-6(2)3/h4-5H,1-3H3/b7-4+. The van der Waals surface area contributed by atoms with Crippen molar-refractivity contribution in [2.24, 2.45) is 0 Å². The molecule has 0 radical (unpaired) electrons. The number of rotatable bonds is 1. The van der Waals surface area contributed by atoms with E-state index in [9.17, 15) is 4.39 Å². The largest absolute Gasteiger partial charge is 0.207 e. The van der Waals surface area contributed by atoms with Crippen molar-refractivity contribution in [3.8, 4) is 0 Å².